The van der Waals surface area contributed by atoms with Crippen LogP contribution in [0.3, 0.4) is 0 Å². The molecule has 0 saturated carbocycles. The number of nitrogens with two attached hydrogens (primary N) is 1. The lowest BCUT2D eigenvalue weighted by molar-refractivity contribution is 0.200. The minimum absolute atomic E-state index is 0.520. The van der Waals surface area contributed by atoms with Gasteiger partial charge < -0.3 is 10.5 Å². The summed E-state index contributed by atoms with van der Waals surface area (Å²) in [5.41, 5.74) is 6.44. The fourth-order valence-electron chi connectivity index (χ4n) is 1.08. The van der Waals surface area contributed by atoms with E-state index in [1.807, 2.05) is 0 Å². The van der Waals surface area contributed by atoms with Crippen LogP contribution >= 0.6 is 23.4 Å². The molecule has 5 heteroatoms. The van der Waals surface area contributed by atoms with E-state index in [0.717, 1.165) is 30.2 Å². The lowest BCUT2D eigenvalue weighted by Gasteiger charge is -2.04. The highest BCUT2D eigenvalue weighted by atomic mass is 35.5. The van der Waals surface area contributed by atoms with E-state index in [1.165, 1.54) is 0 Å². The average Bonchev–Trinajstić information content (AvgIpc) is 2.23. The van der Waals surface area contributed by atoms with E-state index in [0.29, 0.717) is 10.8 Å². The summed E-state index contributed by atoms with van der Waals surface area (Å²) in [7, 11) is 1.71. The molecule has 0 saturated heterocycles. The Labute approximate surface area is 99.4 Å². The van der Waals surface area contributed by atoms with Crippen LogP contribution in [0.25, 0.3) is 0 Å². The summed E-state index contributed by atoms with van der Waals surface area (Å²) in [5.74, 6) is 2.36. The number of anilines is 1. The van der Waals surface area contributed by atoms with Gasteiger partial charge in [-0.3, -0.25) is 0 Å². The highest BCUT2D eigenvalue weighted by molar-refractivity contribution is 7.98. The molecule has 0 bridgehead atoms. The van der Waals surface area contributed by atoms with Gasteiger partial charge in [-0.1, -0.05) is 11.6 Å². The highest BCUT2D eigenvalue weighted by Gasteiger charge is 2.02. The third-order valence-electron chi connectivity index (χ3n) is 1.82. The number of pyridine rings is 1. The van der Waals surface area contributed by atoms with Crippen molar-refractivity contribution in [2.45, 2.75) is 12.2 Å². The second-order valence-electron chi connectivity index (χ2n) is 3.06. The van der Waals surface area contributed by atoms with Gasteiger partial charge in [0, 0.05) is 19.5 Å². The zero-order chi connectivity index (χ0) is 11.1. The molecule has 1 aromatic heterocycles. The standard InChI is InChI=1S/C10H15ClN2OS/c1-14-5-2-6-15-7-9-8(11)3-4-10(12)13-9/h3-4H,2,5-7H2,1H3,(H2,12,13). The minimum Gasteiger partial charge on any atom is -0.385 e. The van der Waals surface area contributed by atoms with Gasteiger partial charge in [-0.25, -0.2) is 4.98 Å². The molecule has 84 valence electrons. The van der Waals surface area contributed by atoms with Crippen LogP contribution in [0.1, 0.15) is 12.1 Å². The lowest BCUT2D eigenvalue weighted by atomic mass is 10.4. The van der Waals surface area contributed by atoms with Crippen molar-refractivity contribution < 1.29 is 4.74 Å². The largest absolute Gasteiger partial charge is 0.385 e. The molecular formula is C10H15ClN2OS. The number of nitrogens with zero attached hydrogens (tertiary/aromatic N) is 1. The topological polar surface area (TPSA) is 48.1 Å². The van der Waals surface area contributed by atoms with Crippen LogP contribution in [0.2, 0.25) is 5.02 Å². The SMILES string of the molecule is COCCCSCc1nc(N)ccc1Cl. The molecule has 0 unspecified atom stereocenters. The summed E-state index contributed by atoms with van der Waals surface area (Å²) in [6, 6.07) is 3.50. The zero-order valence-electron chi connectivity index (χ0n) is 8.70. The Bertz CT molecular complexity index is 309. The molecule has 2 N–H and O–H groups in total. The molecule has 1 heterocycles. The monoisotopic (exact) mass is 246 g/mol. The minimum atomic E-state index is 0.520. The second kappa shape index (κ2) is 6.93. The van der Waals surface area contributed by atoms with Gasteiger partial charge >= 0.3 is 0 Å². The van der Waals surface area contributed by atoms with Crippen molar-refractivity contribution in [2.24, 2.45) is 0 Å². The normalized spacial score (nSPS) is 10.5. The fourth-order valence-corrected chi connectivity index (χ4v) is 2.21. The van der Waals surface area contributed by atoms with Gasteiger partial charge in [0.1, 0.15) is 5.82 Å². The molecule has 0 aromatic carbocycles. The van der Waals surface area contributed by atoms with Gasteiger partial charge in [-0.15, -0.1) is 0 Å². The van der Waals surface area contributed by atoms with E-state index in [1.54, 1.807) is 31.0 Å². The number of aromatic nitrogens is 1. The molecule has 0 fully saturated rings. The van der Waals surface area contributed by atoms with Gasteiger partial charge in [0.05, 0.1) is 10.7 Å². The third kappa shape index (κ3) is 4.73. The zero-order valence-corrected chi connectivity index (χ0v) is 10.3. The van der Waals surface area contributed by atoms with Crippen LogP contribution in [0, 0.1) is 0 Å². The van der Waals surface area contributed by atoms with Crippen molar-refractivity contribution in [1.29, 1.82) is 0 Å². The molecule has 1 rings (SSSR count). The average molecular weight is 247 g/mol. The quantitative estimate of drug-likeness (QED) is 0.784. The van der Waals surface area contributed by atoms with Crippen LogP contribution in [0.5, 0.6) is 0 Å². The molecule has 0 spiro atoms. The fraction of sp³-hybridized carbons (Fsp3) is 0.500. The van der Waals surface area contributed by atoms with E-state index in [-0.39, 0.29) is 0 Å². The number of halogens is 1. The van der Waals surface area contributed by atoms with Crippen LogP contribution in [0.4, 0.5) is 5.82 Å². The molecular weight excluding hydrogens is 232 g/mol. The van der Waals surface area contributed by atoms with Crippen molar-refractivity contribution in [1.82, 2.24) is 4.98 Å². The van der Waals surface area contributed by atoms with Crippen LogP contribution in [-0.4, -0.2) is 24.5 Å². The predicted octanol–water partition coefficient (Wildman–Crippen LogP) is 2.59. The Balaban J connectivity index is 2.33. The Morgan fingerprint density at radius 2 is 2.33 bits per heavy atom. The Kier molecular flexibility index (Phi) is 5.83. The summed E-state index contributed by atoms with van der Waals surface area (Å²) in [6.07, 6.45) is 1.04. The van der Waals surface area contributed by atoms with Crippen molar-refractivity contribution in [3.8, 4) is 0 Å². The summed E-state index contributed by atoms with van der Waals surface area (Å²) in [6.45, 7) is 0.797. The first-order valence-corrected chi connectivity index (χ1v) is 6.25. The van der Waals surface area contributed by atoms with Crippen LogP contribution in [-0.2, 0) is 10.5 Å². The maximum absolute atomic E-state index is 5.98. The van der Waals surface area contributed by atoms with Gasteiger partial charge in [-0.2, -0.15) is 11.8 Å². The smallest absolute Gasteiger partial charge is 0.123 e. The van der Waals surface area contributed by atoms with Gasteiger partial charge in [0.2, 0.25) is 0 Å². The molecule has 0 atom stereocenters. The third-order valence-corrected chi connectivity index (χ3v) is 3.22. The predicted molar refractivity (Wildman–Crippen MR) is 66.3 cm³/mol. The van der Waals surface area contributed by atoms with Crippen LogP contribution < -0.4 is 5.73 Å². The molecule has 0 aliphatic rings. The molecule has 0 aliphatic carbocycles. The molecule has 15 heavy (non-hydrogen) atoms. The summed E-state index contributed by atoms with van der Waals surface area (Å²) < 4.78 is 4.96. The molecule has 0 aliphatic heterocycles. The van der Waals surface area contributed by atoms with Crippen LogP contribution in [0.15, 0.2) is 12.1 Å². The van der Waals surface area contributed by atoms with E-state index in [4.69, 9.17) is 22.1 Å². The number of nitrogen functional groups attached to an aromatic ring is 1. The number of thioether (sulfide) groups is 1. The number of hydrogen-bond acceptors (Lipinski definition) is 4. The number of methoxy groups -OCH3 is 1. The Morgan fingerprint density at radius 3 is 3.07 bits per heavy atom. The molecule has 0 amide bonds. The summed E-state index contributed by atoms with van der Waals surface area (Å²) in [4.78, 5) is 4.18. The van der Waals surface area contributed by atoms with E-state index >= 15 is 0 Å². The van der Waals surface area contributed by atoms with Gasteiger partial charge in [0.15, 0.2) is 0 Å². The highest BCUT2D eigenvalue weighted by Crippen LogP contribution is 2.20. The molecule has 1 aromatic rings. The van der Waals surface area contributed by atoms with Crippen molar-refractivity contribution in [3.05, 3.63) is 22.8 Å². The van der Waals surface area contributed by atoms with Gasteiger partial charge in [0.25, 0.3) is 0 Å². The lowest BCUT2D eigenvalue weighted by Crippen LogP contribution is -1.96. The first kappa shape index (κ1) is 12.6. The Hall–Kier alpha value is -0.450. The van der Waals surface area contributed by atoms with E-state index < -0.39 is 0 Å². The van der Waals surface area contributed by atoms with Gasteiger partial charge in [-0.05, 0) is 24.3 Å². The maximum atomic E-state index is 5.98. The number of rotatable bonds is 6. The Morgan fingerprint density at radius 1 is 1.53 bits per heavy atom. The molecule has 3 nitrogen and oxygen atoms in total. The molecule has 0 radical (unpaired) electrons. The summed E-state index contributed by atoms with van der Waals surface area (Å²) in [5, 5.41) is 0.684. The van der Waals surface area contributed by atoms with Crippen molar-refractivity contribution in [2.75, 3.05) is 25.2 Å². The number of ether oxygens (including phenoxy) is 1. The second-order valence-corrected chi connectivity index (χ2v) is 4.58. The van der Waals surface area contributed by atoms with Crippen molar-refractivity contribution in [3.63, 3.8) is 0 Å². The van der Waals surface area contributed by atoms with E-state index in [9.17, 15) is 0 Å². The maximum Gasteiger partial charge on any atom is 0.123 e. The van der Waals surface area contributed by atoms with Crippen molar-refractivity contribution >= 4 is 29.2 Å². The number of hydrogen-bond donors (Lipinski definition) is 1. The van der Waals surface area contributed by atoms with E-state index in [2.05, 4.69) is 4.98 Å². The first-order valence-electron chi connectivity index (χ1n) is 4.71. The first-order chi connectivity index (χ1) is 7.24. The summed E-state index contributed by atoms with van der Waals surface area (Å²) >= 11 is 7.77.